The van der Waals surface area contributed by atoms with Crippen LogP contribution in [-0.4, -0.2) is 44.4 Å². The van der Waals surface area contributed by atoms with Crippen LogP contribution in [0.3, 0.4) is 0 Å². The number of aliphatic hydroxyl groups is 1. The van der Waals surface area contributed by atoms with Crippen molar-refractivity contribution in [3.63, 3.8) is 0 Å². The van der Waals surface area contributed by atoms with Gasteiger partial charge in [0.05, 0.1) is 23.2 Å². The minimum Gasteiger partial charge on any atom is -0.506 e. The average Bonchev–Trinajstić information content (AvgIpc) is 2.83. The molecule has 1 aliphatic rings. The van der Waals surface area contributed by atoms with Crippen molar-refractivity contribution in [2.75, 3.05) is 6.61 Å². The largest absolute Gasteiger partial charge is 0.506 e. The lowest BCUT2D eigenvalue weighted by atomic mass is 10.1. The van der Waals surface area contributed by atoms with E-state index in [-0.39, 0.29) is 24.4 Å². The Bertz CT molecular complexity index is 559. The van der Waals surface area contributed by atoms with Crippen molar-refractivity contribution in [1.29, 1.82) is 0 Å². The van der Waals surface area contributed by atoms with E-state index in [1.807, 2.05) is 0 Å². The first-order valence-electron chi connectivity index (χ1n) is 7.19. The molecule has 1 aliphatic heterocycles. The highest BCUT2D eigenvalue weighted by Crippen LogP contribution is 2.42. The molecule has 22 heavy (non-hydrogen) atoms. The Hall–Kier alpha value is -1.34. The number of likely N-dealkylation sites (tertiary alicyclic amines) is 1. The van der Waals surface area contributed by atoms with Gasteiger partial charge in [0.25, 0.3) is 0 Å². The zero-order valence-electron chi connectivity index (χ0n) is 12.9. The highest BCUT2D eigenvalue weighted by atomic mass is 79.9. The Morgan fingerprint density at radius 2 is 2.14 bits per heavy atom. The monoisotopic (exact) mass is 372 g/mol. The summed E-state index contributed by atoms with van der Waals surface area (Å²) in [4.78, 5) is 18.1. The van der Waals surface area contributed by atoms with Gasteiger partial charge in [-0.3, -0.25) is 9.88 Å². The van der Waals surface area contributed by atoms with Crippen LogP contribution >= 0.6 is 15.9 Å². The first kappa shape index (κ1) is 17.0. The van der Waals surface area contributed by atoms with Crippen molar-refractivity contribution >= 4 is 22.0 Å². The van der Waals surface area contributed by atoms with Crippen LogP contribution in [0.2, 0.25) is 0 Å². The number of aromatic nitrogens is 1. The van der Waals surface area contributed by atoms with Crippen LogP contribution < -0.4 is 0 Å². The molecule has 0 aliphatic carbocycles. The Morgan fingerprint density at radius 3 is 2.73 bits per heavy atom. The van der Waals surface area contributed by atoms with Crippen LogP contribution in [0, 0.1) is 0 Å². The molecular formula is C15H21BrN2O4. The molecular weight excluding hydrogens is 352 g/mol. The number of hydrogen-bond acceptors (Lipinski definition) is 5. The summed E-state index contributed by atoms with van der Waals surface area (Å²) in [5, 5.41) is 19.8. The normalized spacial score (nSPS) is 22.0. The standard InChI is InChI=1S/C15H21BrN2O4/c1-15(2,3)22-14(21)18-9(8-19)4-5-12(18)10-6-17-7-11(16)13(10)20/h6-7,9,12,19H,4-5,8H2,1-3H3,(H,17,20)/t9-,12+/m1/s1. The molecule has 1 fully saturated rings. The zero-order chi connectivity index (χ0) is 16.5. The maximum atomic E-state index is 12.5. The number of carbonyl (C=O) groups excluding carboxylic acids is 1. The highest BCUT2D eigenvalue weighted by Gasteiger charge is 2.41. The molecule has 6 nitrogen and oxygen atoms in total. The summed E-state index contributed by atoms with van der Waals surface area (Å²) in [6.07, 6.45) is 3.83. The van der Waals surface area contributed by atoms with E-state index in [2.05, 4.69) is 20.9 Å². The molecule has 7 heteroatoms. The Kier molecular flexibility index (Phi) is 4.97. The van der Waals surface area contributed by atoms with Gasteiger partial charge in [0, 0.05) is 18.0 Å². The maximum Gasteiger partial charge on any atom is 0.411 e. The van der Waals surface area contributed by atoms with E-state index in [4.69, 9.17) is 4.74 Å². The number of nitrogens with zero attached hydrogens (tertiary/aromatic N) is 2. The SMILES string of the molecule is CC(C)(C)OC(=O)N1[C@@H](CO)CC[C@H]1c1cncc(Br)c1O. The Morgan fingerprint density at radius 1 is 1.45 bits per heavy atom. The third-order valence-electron chi connectivity index (χ3n) is 3.58. The van der Waals surface area contributed by atoms with Crippen LogP contribution in [0.1, 0.15) is 45.2 Å². The second-order valence-corrected chi connectivity index (χ2v) is 7.23. The highest BCUT2D eigenvalue weighted by molar-refractivity contribution is 9.10. The van der Waals surface area contributed by atoms with Gasteiger partial charge in [-0.1, -0.05) is 0 Å². The summed E-state index contributed by atoms with van der Waals surface area (Å²) in [5.41, 5.74) is -0.0712. The average molecular weight is 373 g/mol. The quantitative estimate of drug-likeness (QED) is 0.833. The van der Waals surface area contributed by atoms with Gasteiger partial charge >= 0.3 is 6.09 Å². The smallest absolute Gasteiger partial charge is 0.411 e. The molecule has 1 amide bonds. The van der Waals surface area contributed by atoms with Crippen LogP contribution in [0.15, 0.2) is 16.9 Å². The molecule has 0 unspecified atom stereocenters. The molecule has 1 aromatic rings. The second kappa shape index (κ2) is 6.42. The molecule has 1 saturated heterocycles. The first-order valence-corrected chi connectivity index (χ1v) is 7.98. The summed E-state index contributed by atoms with van der Waals surface area (Å²) in [6.45, 7) is 5.24. The second-order valence-electron chi connectivity index (χ2n) is 6.38. The summed E-state index contributed by atoms with van der Waals surface area (Å²) < 4.78 is 5.91. The summed E-state index contributed by atoms with van der Waals surface area (Å²) in [5.74, 6) is 0.0622. The van der Waals surface area contributed by atoms with Crippen molar-refractivity contribution in [1.82, 2.24) is 9.88 Å². The lowest BCUT2D eigenvalue weighted by molar-refractivity contribution is 0.00851. The van der Waals surface area contributed by atoms with E-state index in [0.29, 0.717) is 22.9 Å². The number of ether oxygens (including phenoxy) is 1. The van der Waals surface area contributed by atoms with Gasteiger partial charge in [0.15, 0.2) is 0 Å². The Balaban J connectivity index is 2.33. The fourth-order valence-corrected chi connectivity index (χ4v) is 2.99. The van der Waals surface area contributed by atoms with E-state index in [1.165, 1.54) is 11.1 Å². The molecule has 0 aromatic carbocycles. The molecule has 0 radical (unpaired) electrons. The van der Waals surface area contributed by atoms with Gasteiger partial charge in [-0.15, -0.1) is 0 Å². The number of rotatable bonds is 2. The molecule has 2 rings (SSSR count). The van der Waals surface area contributed by atoms with Crippen molar-refractivity contribution in [3.8, 4) is 5.75 Å². The number of hydrogen-bond donors (Lipinski definition) is 2. The number of halogens is 1. The fourth-order valence-electron chi connectivity index (χ4n) is 2.65. The lowest BCUT2D eigenvalue weighted by Crippen LogP contribution is -2.42. The van der Waals surface area contributed by atoms with Crippen molar-refractivity contribution in [2.24, 2.45) is 0 Å². The van der Waals surface area contributed by atoms with Gasteiger partial charge in [-0.25, -0.2) is 4.79 Å². The van der Waals surface area contributed by atoms with Crippen molar-refractivity contribution in [3.05, 3.63) is 22.4 Å². The molecule has 0 bridgehead atoms. The number of amides is 1. The predicted octanol–water partition coefficient (Wildman–Crippen LogP) is 2.98. The number of aromatic hydroxyl groups is 1. The van der Waals surface area contributed by atoms with Crippen LogP contribution in [0.4, 0.5) is 4.79 Å². The number of aliphatic hydroxyl groups excluding tert-OH is 1. The summed E-state index contributed by atoms with van der Waals surface area (Å²) >= 11 is 3.23. The molecule has 2 N–H and O–H groups in total. The minimum atomic E-state index is -0.623. The molecule has 122 valence electrons. The molecule has 0 saturated carbocycles. The zero-order valence-corrected chi connectivity index (χ0v) is 14.5. The van der Waals surface area contributed by atoms with E-state index in [1.54, 1.807) is 27.0 Å². The van der Waals surface area contributed by atoms with Crippen LogP contribution in [0.5, 0.6) is 5.75 Å². The van der Waals surface area contributed by atoms with Gasteiger partial charge in [-0.2, -0.15) is 0 Å². The van der Waals surface area contributed by atoms with Crippen molar-refractivity contribution < 1.29 is 19.7 Å². The minimum absolute atomic E-state index is 0.0622. The number of pyridine rings is 1. The maximum absolute atomic E-state index is 12.5. The summed E-state index contributed by atoms with van der Waals surface area (Å²) in [6, 6.07) is -0.685. The van der Waals surface area contributed by atoms with Crippen LogP contribution in [0.25, 0.3) is 0 Å². The topological polar surface area (TPSA) is 82.9 Å². The summed E-state index contributed by atoms with van der Waals surface area (Å²) in [7, 11) is 0. The third-order valence-corrected chi connectivity index (χ3v) is 4.16. The fraction of sp³-hybridized carbons (Fsp3) is 0.600. The molecule has 1 aromatic heterocycles. The first-order chi connectivity index (χ1) is 10.2. The van der Waals surface area contributed by atoms with Gasteiger partial charge in [-0.05, 0) is 49.5 Å². The van der Waals surface area contributed by atoms with Crippen LogP contribution in [-0.2, 0) is 4.74 Å². The molecule has 2 atom stereocenters. The van der Waals surface area contributed by atoms with Crippen molar-refractivity contribution in [2.45, 2.75) is 51.3 Å². The Labute approximate surface area is 138 Å². The number of carbonyl (C=O) groups is 1. The van der Waals surface area contributed by atoms with E-state index < -0.39 is 11.7 Å². The molecule has 0 spiro atoms. The van der Waals surface area contributed by atoms with Gasteiger partial charge in [0.2, 0.25) is 0 Å². The van der Waals surface area contributed by atoms with Gasteiger partial charge < -0.3 is 14.9 Å². The van der Waals surface area contributed by atoms with E-state index >= 15 is 0 Å². The lowest BCUT2D eigenvalue weighted by Gasteiger charge is -2.32. The van der Waals surface area contributed by atoms with Gasteiger partial charge in [0.1, 0.15) is 11.4 Å². The molecule has 2 heterocycles. The van der Waals surface area contributed by atoms with E-state index in [0.717, 1.165) is 0 Å². The van der Waals surface area contributed by atoms with E-state index in [9.17, 15) is 15.0 Å². The predicted molar refractivity (Wildman–Crippen MR) is 84.5 cm³/mol. The third kappa shape index (κ3) is 3.52.